The third-order valence-corrected chi connectivity index (χ3v) is 2.50. The number of hydrogen-bond donors (Lipinski definition) is 2. The second-order valence-corrected chi connectivity index (χ2v) is 3.72. The van der Waals surface area contributed by atoms with Crippen LogP contribution in [-0.2, 0) is 0 Å². The second kappa shape index (κ2) is 4.44. The van der Waals surface area contributed by atoms with Crippen molar-refractivity contribution in [3.05, 3.63) is 53.6 Å². The Balaban J connectivity index is 2.58. The summed E-state index contributed by atoms with van der Waals surface area (Å²) in [5, 5.41) is 9.41. The molecule has 2 aromatic carbocycles. The first kappa shape index (κ1) is 12.0. The average Bonchev–Trinajstić information content (AvgIpc) is 2.30. The first-order valence-corrected chi connectivity index (χ1v) is 5.07. The smallest absolute Gasteiger partial charge is 0.252 e. The Labute approximate surface area is 101 Å². The van der Waals surface area contributed by atoms with Gasteiger partial charge in [-0.2, -0.15) is 0 Å². The Morgan fingerprint density at radius 2 is 1.83 bits per heavy atom. The van der Waals surface area contributed by atoms with E-state index in [1.165, 1.54) is 24.3 Å². The molecular formula is C13H9F2NO2. The highest BCUT2D eigenvalue weighted by atomic mass is 19.1. The fourth-order valence-corrected chi connectivity index (χ4v) is 1.62. The molecule has 0 bridgehead atoms. The minimum Gasteiger partial charge on any atom is -0.507 e. The van der Waals surface area contributed by atoms with Crippen molar-refractivity contribution < 1.29 is 18.7 Å². The molecule has 3 N–H and O–H groups in total. The van der Waals surface area contributed by atoms with Crippen LogP contribution in [0.2, 0.25) is 0 Å². The van der Waals surface area contributed by atoms with Crippen molar-refractivity contribution in [2.24, 2.45) is 5.73 Å². The van der Waals surface area contributed by atoms with Crippen molar-refractivity contribution in [3.8, 4) is 16.9 Å². The molecule has 0 aliphatic rings. The first-order valence-electron chi connectivity index (χ1n) is 5.07. The second-order valence-electron chi connectivity index (χ2n) is 3.72. The van der Waals surface area contributed by atoms with Gasteiger partial charge in [-0.1, -0.05) is 6.07 Å². The van der Waals surface area contributed by atoms with Gasteiger partial charge in [-0.3, -0.25) is 4.79 Å². The summed E-state index contributed by atoms with van der Waals surface area (Å²) < 4.78 is 26.3. The molecule has 92 valence electrons. The van der Waals surface area contributed by atoms with Crippen LogP contribution in [0.1, 0.15) is 10.4 Å². The number of carbonyl (C=O) groups excluding carboxylic acids is 1. The van der Waals surface area contributed by atoms with Gasteiger partial charge >= 0.3 is 0 Å². The molecule has 0 aliphatic carbocycles. The lowest BCUT2D eigenvalue weighted by atomic mass is 10.0. The molecule has 2 aromatic rings. The standard InChI is InChI=1S/C13H9F2NO2/c14-8-2-3-9(11(15)6-8)7-1-4-12(17)10(5-7)13(16)18/h1-6,17H,(H2,16,18). The fraction of sp³-hybridized carbons (Fsp3) is 0. The largest absolute Gasteiger partial charge is 0.507 e. The normalized spacial score (nSPS) is 10.3. The zero-order chi connectivity index (χ0) is 13.3. The number of nitrogens with two attached hydrogens (primary N) is 1. The maximum atomic E-state index is 13.6. The molecule has 5 heteroatoms. The van der Waals surface area contributed by atoms with E-state index in [9.17, 15) is 18.7 Å². The summed E-state index contributed by atoms with van der Waals surface area (Å²) in [6.45, 7) is 0. The molecule has 0 fully saturated rings. The summed E-state index contributed by atoms with van der Waals surface area (Å²) in [5.74, 6) is -2.55. The van der Waals surface area contributed by atoms with E-state index in [2.05, 4.69) is 0 Å². The lowest BCUT2D eigenvalue weighted by Gasteiger charge is -2.06. The number of carbonyl (C=O) groups is 1. The molecule has 0 aromatic heterocycles. The van der Waals surface area contributed by atoms with Crippen molar-refractivity contribution in [1.82, 2.24) is 0 Å². The maximum absolute atomic E-state index is 13.6. The van der Waals surface area contributed by atoms with Crippen molar-refractivity contribution in [2.75, 3.05) is 0 Å². The third-order valence-electron chi connectivity index (χ3n) is 2.50. The van der Waals surface area contributed by atoms with E-state index in [4.69, 9.17) is 5.73 Å². The van der Waals surface area contributed by atoms with Gasteiger partial charge in [-0.25, -0.2) is 8.78 Å². The van der Waals surface area contributed by atoms with Crippen molar-refractivity contribution >= 4 is 5.91 Å². The van der Waals surface area contributed by atoms with Crippen LogP contribution in [0, 0.1) is 11.6 Å². The number of hydrogen-bond acceptors (Lipinski definition) is 2. The third kappa shape index (κ3) is 2.15. The first-order chi connectivity index (χ1) is 8.49. The molecule has 0 saturated heterocycles. The van der Waals surface area contributed by atoms with E-state index in [1.807, 2.05) is 0 Å². The zero-order valence-corrected chi connectivity index (χ0v) is 9.15. The summed E-state index contributed by atoms with van der Waals surface area (Å²) in [7, 11) is 0. The molecule has 18 heavy (non-hydrogen) atoms. The Hall–Kier alpha value is -2.43. The number of aromatic hydroxyl groups is 1. The summed E-state index contributed by atoms with van der Waals surface area (Å²) >= 11 is 0. The van der Waals surface area contributed by atoms with Crippen LogP contribution in [0.4, 0.5) is 8.78 Å². The molecule has 3 nitrogen and oxygen atoms in total. The molecule has 0 unspecified atom stereocenters. The molecular weight excluding hydrogens is 240 g/mol. The molecule has 2 rings (SSSR count). The van der Waals surface area contributed by atoms with Crippen molar-refractivity contribution in [2.45, 2.75) is 0 Å². The molecule has 0 heterocycles. The quantitative estimate of drug-likeness (QED) is 0.858. The van der Waals surface area contributed by atoms with Crippen molar-refractivity contribution in [3.63, 3.8) is 0 Å². The van der Waals surface area contributed by atoms with Crippen LogP contribution < -0.4 is 5.73 Å². The summed E-state index contributed by atoms with van der Waals surface area (Å²) in [5.41, 5.74) is 5.41. The van der Waals surface area contributed by atoms with Crippen molar-refractivity contribution in [1.29, 1.82) is 0 Å². The molecule has 0 aliphatic heterocycles. The number of rotatable bonds is 2. The van der Waals surface area contributed by atoms with Gasteiger partial charge in [0.25, 0.3) is 5.91 Å². The van der Waals surface area contributed by atoms with Crippen LogP contribution in [0.3, 0.4) is 0 Å². The summed E-state index contributed by atoms with van der Waals surface area (Å²) in [6.07, 6.45) is 0. The van der Waals surface area contributed by atoms with Gasteiger partial charge in [0.05, 0.1) is 5.56 Å². The van der Waals surface area contributed by atoms with Gasteiger partial charge in [0, 0.05) is 11.6 Å². The predicted octanol–water partition coefficient (Wildman–Crippen LogP) is 2.44. The van der Waals surface area contributed by atoms with Crippen LogP contribution >= 0.6 is 0 Å². The Morgan fingerprint density at radius 3 is 2.44 bits per heavy atom. The van der Waals surface area contributed by atoms with Crippen LogP contribution in [-0.4, -0.2) is 11.0 Å². The SMILES string of the molecule is NC(=O)c1cc(-c2ccc(F)cc2F)ccc1O. The van der Waals surface area contributed by atoms with E-state index >= 15 is 0 Å². The average molecular weight is 249 g/mol. The van der Waals surface area contributed by atoms with Gasteiger partial charge in [0.1, 0.15) is 17.4 Å². The van der Waals surface area contributed by atoms with E-state index in [-0.39, 0.29) is 16.9 Å². The molecule has 1 amide bonds. The van der Waals surface area contributed by atoms with Gasteiger partial charge in [0.2, 0.25) is 0 Å². The van der Waals surface area contributed by atoms with Gasteiger partial charge in [-0.05, 0) is 29.8 Å². The molecule has 0 atom stereocenters. The zero-order valence-electron chi connectivity index (χ0n) is 9.15. The van der Waals surface area contributed by atoms with Crippen LogP contribution in [0.5, 0.6) is 5.75 Å². The van der Waals surface area contributed by atoms with E-state index in [1.54, 1.807) is 0 Å². The number of halogens is 2. The highest BCUT2D eigenvalue weighted by Crippen LogP contribution is 2.27. The Morgan fingerprint density at radius 1 is 1.11 bits per heavy atom. The van der Waals surface area contributed by atoms with E-state index in [0.717, 1.165) is 12.1 Å². The summed E-state index contributed by atoms with van der Waals surface area (Å²) in [4.78, 5) is 11.1. The predicted molar refractivity (Wildman–Crippen MR) is 62.0 cm³/mol. The lowest BCUT2D eigenvalue weighted by Crippen LogP contribution is -2.11. The minimum absolute atomic E-state index is 0.115. The topological polar surface area (TPSA) is 63.3 Å². The van der Waals surface area contributed by atoms with E-state index in [0.29, 0.717) is 5.56 Å². The Bertz CT molecular complexity index is 626. The highest BCUT2D eigenvalue weighted by Gasteiger charge is 2.12. The van der Waals surface area contributed by atoms with E-state index < -0.39 is 17.5 Å². The van der Waals surface area contributed by atoms with Crippen LogP contribution in [0.15, 0.2) is 36.4 Å². The number of benzene rings is 2. The van der Waals surface area contributed by atoms with Gasteiger partial charge in [0.15, 0.2) is 0 Å². The fourth-order valence-electron chi connectivity index (χ4n) is 1.62. The molecule has 0 saturated carbocycles. The molecule has 0 spiro atoms. The number of primary amides is 1. The lowest BCUT2D eigenvalue weighted by molar-refractivity contribution is 0.0998. The number of phenols is 1. The molecule has 0 radical (unpaired) electrons. The number of amides is 1. The monoisotopic (exact) mass is 249 g/mol. The Kier molecular flexibility index (Phi) is 2.97. The van der Waals surface area contributed by atoms with Gasteiger partial charge in [-0.15, -0.1) is 0 Å². The highest BCUT2D eigenvalue weighted by molar-refractivity contribution is 5.96. The van der Waals surface area contributed by atoms with Gasteiger partial charge < -0.3 is 10.8 Å². The maximum Gasteiger partial charge on any atom is 0.252 e. The minimum atomic E-state index is -0.822. The summed E-state index contributed by atoms with van der Waals surface area (Å²) in [6, 6.07) is 7.01. The van der Waals surface area contributed by atoms with Crippen LogP contribution in [0.25, 0.3) is 11.1 Å².